The van der Waals surface area contributed by atoms with Crippen LogP contribution in [0.3, 0.4) is 0 Å². The van der Waals surface area contributed by atoms with E-state index in [4.69, 9.17) is 9.47 Å². The Kier molecular flexibility index (Phi) is 8.57. The van der Waals surface area contributed by atoms with E-state index < -0.39 is 6.10 Å². The van der Waals surface area contributed by atoms with Gasteiger partial charge < -0.3 is 19.9 Å². The molecular weight excluding hydrogens is 244 g/mol. The first kappa shape index (κ1) is 16.9. The molecular formula is C14H30N2O3. The van der Waals surface area contributed by atoms with E-state index in [1.807, 2.05) is 6.92 Å². The first-order valence-corrected chi connectivity index (χ1v) is 7.36. The predicted molar refractivity (Wildman–Crippen MR) is 76.4 cm³/mol. The van der Waals surface area contributed by atoms with Gasteiger partial charge in [0.2, 0.25) is 0 Å². The molecule has 0 aliphatic carbocycles. The van der Waals surface area contributed by atoms with Gasteiger partial charge >= 0.3 is 0 Å². The van der Waals surface area contributed by atoms with Crippen molar-refractivity contribution in [3.8, 4) is 0 Å². The van der Waals surface area contributed by atoms with Gasteiger partial charge in [-0.15, -0.1) is 0 Å². The molecule has 0 aromatic heterocycles. The molecule has 1 fully saturated rings. The molecule has 0 spiro atoms. The van der Waals surface area contributed by atoms with Crippen LogP contribution in [0.25, 0.3) is 0 Å². The first-order chi connectivity index (χ1) is 9.13. The van der Waals surface area contributed by atoms with Gasteiger partial charge in [-0.2, -0.15) is 0 Å². The Labute approximate surface area is 117 Å². The lowest BCUT2D eigenvalue weighted by molar-refractivity contribution is -0.0312. The minimum Gasteiger partial charge on any atom is -0.389 e. The molecule has 3 atom stereocenters. The molecule has 2 N–H and O–H groups in total. The predicted octanol–water partition coefficient (Wildman–Crippen LogP) is 0.473. The maximum absolute atomic E-state index is 9.80. The molecule has 1 aliphatic rings. The Morgan fingerprint density at radius 3 is 2.47 bits per heavy atom. The molecule has 19 heavy (non-hydrogen) atoms. The molecule has 5 heteroatoms. The van der Waals surface area contributed by atoms with Crippen molar-refractivity contribution >= 4 is 0 Å². The SMILES string of the molecule is COCC(C)OCC(O)CNCC(C)N1CCCC1. The number of aliphatic hydroxyl groups excluding tert-OH is 1. The van der Waals surface area contributed by atoms with Crippen molar-refractivity contribution in [2.75, 3.05) is 46.5 Å². The fourth-order valence-electron chi connectivity index (χ4n) is 2.39. The van der Waals surface area contributed by atoms with Crippen molar-refractivity contribution in [2.45, 2.75) is 44.9 Å². The highest BCUT2D eigenvalue weighted by molar-refractivity contribution is 4.75. The summed E-state index contributed by atoms with van der Waals surface area (Å²) in [6, 6.07) is 0.544. The highest BCUT2D eigenvalue weighted by atomic mass is 16.5. The van der Waals surface area contributed by atoms with Gasteiger partial charge in [0.15, 0.2) is 0 Å². The number of rotatable bonds is 10. The molecule has 0 aromatic rings. The molecule has 0 aromatic carbocycles. The van der Waals surface area contributed by atoms with E-state index in [9.17, 15) is 5.11 Å². The van der Waals surface area contributed by atoms with Crippen molar-refractivity contribution in [3.63, 3.8) is 0 Å². The van der Waals surface area contributed by atoms with E-state index in [2.05, 4.69) is 17.1 Å². The minimum absolute atomic E-state index is 0.0307. The van der Waals surface area contributed by atoms with Crippen LogP contribution in [0.4, 0.5) is 0 Å². The normalized spacial score (nSPS) is 21.5. The number of likely N-dealkylation sites (tertiary alicyclic amines) is 1. The number of ether oxygens (including phenoxy) is 2. The third-order valence-corrected chi connectivity index (χ3v) is 3.56. The van der Waals surface area contributed by atoms with Crippen LogP contribution < -0.4 is 5.32 Å². The number of nitrogens with zero attached hydrogens (tertiary/aromatic N) is 1. The Hall–Kier alpha value is -0.200. The lowest BCUT2D eigenvalue weighted by Crippen LogP contribution is -2.41. The molecule has 0 amide bonds. The molecule has 0 bridgehead atoms. The first-order valence-electron chi connectivity index (χ1n) is 7.36. The van der Waals surface area contributed by atoms with Crippen LogP contribution in [0.2, 0.25) is 0 Å². The lowest BCUT2D eigenvalue weighted by Gasteiger charge is -2.24. The van der Waals surface area contributed by atoms with Gasteiger partial charge in [-0.3, -0.25) is 4.90 Å². The molecule has 0 saturated carbocycles. The summed E-state index contributed by atoms with van der Waals surface area (Å²) in [4.78, 5) is 2.50. The second kappa shape index (κ2) is 9.66. The summed E-state index contributed by atoms with van der Waals surface area (Å²) in [7, 11) is 1.65. The van der Waals surface area contributed by atoms with Crippen LogP contribution in [0, 0.1) is 0 Å². The van der Waals surface area contributed by atoms with Crippen LogP contribution in [-0.4, -0.2) is 74.8 Å². The third kappa shape index (κ3) is 7.22. The number of aliphatic hydroxyl groups is 1. The van der Waals surface area contributed by atoms with E-state index in [-0.39, 0.29) is 6.10 Å². The van der Waals surface area contributed by atoms with Gasteiger partial charge in [-0.25, -0.2) is 0 Å². The van der Waals surface area contributed by atoms with Gasteiger partial charge in [0.05, 0.1) is 25.4 Å². The quantitative estimate of drug-likeness (QED) is 0.607. The molecule has 3 unspecified atom stereocenters. The molecule has 1 heterocycles. The summed E-state index contributed by atoms with van der Waals surface area (Å²) in [6.07, 6.45) is 2.21. The maximum atomic E-state index is 9.80. The van der Waals surface area contributed by atoms with E-state index in [1.165, 1.54) is 25.9 Å². The van der Waals surface area contributed by atoms with Gasteiger partial charge in [-0.05, 0) is 39.8 Å². The van der Waals surface area contributed by atoms with Crippen LogP contribution in [-0.2, 0) is 9.47 Å². The number of methoxy groups -OCH3 is 1. The fourth-order valence-corrected chi connectivity index (χ4v) is 2.39. The zero-order valence-corrected chi connectivity index (χ0v) is 12.6. The zero-order valence-electron chi connectivity index (χ0n) is 12.6. The Morgan fingerprint density at radius 2 is 1.84 bits per heavy atom. The van der Waals surface area contributed by atoms with Crippen LogP contribution in [0.5, 0.6) is 0 Å². The van der Waals surface area contributed by atoms with E-state index in [1.54, 1.807) is 7.11 Å². The van der Waals surface area contributed by atoms with Gasteiger partial charge in [-0.1, -0.05) is 0 Å². The van der Waals surface area contributed by atoms with Crippen molar-refractivity contribution < 1.29 is 14.6 Å². The molecule has 114 valence electrons. The van der Waals surface area contributed by atoms with Crippen molar-refractivity contribution in [1.82, 2.24) is 10.2 Å². The molecule has 1 aliphatic heterocycles. The Bertz CT molecular complexity index is 223. The zero-order chi connectivity index (χ0) is 14.1. The van der Waals surface area contributed by atoms with Gasteiger partial charge in [0, 0.05) is 26.2 Å². The molecule has 0 radical (unpaired) electrons. The minimum atomic E-state index is -0.454. The highest BCUT2D eigenvalue weighted by Crippen LogP contribution is 2.10. The van der Waals surface area contributed by atoms with Crippen molar-refractivity contribution in [3.05, 3.63) is 0 Å². The van der Waals surface area contributed by atoms with Crippen molar-refractivity contribution in [2.24, 2.45) is 0 Å². The molecule has 5 nitrogen and oxygen atoms in total. The Balaban J connectivity index is 2.01. The van der Waals surface area contributed by atoms with Crippen molar-refractivity contribution in [1.29, 1.82) is 0 Å². The molecule has 1 rings (SSSR count). The second-order valence-electron chi connectivity index (χ2n) is 5.50. The second-order valence-corrected chi connectivity index (χ2v) is 5.50. The summed E-state index contributed by atoms with van der Waals surface area (Å²) in [5, 5.41) is 13.1. The van der Waals surface area contributed by atoms with Gasteiger partial charge in [0.25, 0.3) is 0 Å². The van der Waals surface area contributed by atoms with E-state index in [0.29, 0.717) is 25.8 Å². The van der Waals surface area contributed by atoms with Gasteiger partial charge in [0.1, 0.15) is 0 Å². The highest BCUT2D eigenvalue weighted by Gasteiger charge is 2.17. The summed E-state index contributed by atoms with van der Waals surface area (Å²) in [5.74, 6) is 0. The number of hydrogen-bond donors (Lipinski definition) is 2. The third-order valence-electron chi connectivity index (χ3n) is 3.56. The fraction of sp³-hybridized carbons (Fsp3) is 1.00. The number of hydrogen-bond acceptors (Lipinski definition) is 5. The largest absolute Gasteiger partial charge is 0.389 e. The van der Waals surface area contributed by atoms with Crippen LogP contribution in [0.1, 0.15) is 26.7 Å². The monoisotopic (exact) mass is 274 g/mol. The summed E-state index contributed by atoms with van der Waals surface area (Å²) >= 11 is 0. The summed E-state index contributed by atoms with van der Waals surface area (Å²) in [5.41, 5.74) is 0. The maximum Gasteiger partial charge on any atom is 0.0897 e. The smallest absolute Gasteiger partial charge is 0.0897 e. The lowest BCUT2D eigenvalue weighted by atomic mass is 10.3. The number of nitrogens with one attached hydrogen (secondary N) is 1. The Morgan fingerprint density at radius 1 is 1.16 bits per heavy atom. The van der Waals surface area contributed by atoms with Crippen LogP contribution >= 0.6 is 0 Å². The summed E-state index contributed by atoms with van der Waals surface area (Å²) < 4.78 is 10.5. The molecule has 1 saturated heterocycles. The average molecular weight is 274 g/mol. The average Bonchev–Trinajstić information content (AvgIpc) is 2.90. The van der Waals surface area contributed by atoms with E-state index in [0.717, 1.165) is 6.54 Å². The van der Waals surface area contributed by atoms with E-state index >= 15 is 0 Å². The topological polar surface area (TPSA) is 54.0 Å². The standard InChI is InChI=1S/C14H30N2O3/c1-12(16-6-4-5-7-16)8-15-9-14(17)11-19-13(2)10-18-3/h12-15,17H,4-11H2,1-3H3. The summed E-state index contributed by atoms with van der Waals surface area (Å²) in [6.45, 7) is 9.03. The van der Waals surface area contributed by atoms with Crippen LogP contribution in [0.15, 0.2) is 0 Å².